The van der Waals surface area contributed by atoms with Crippen LogP contribution < -0.4 is 5.32 Å². The SMILES string of the molecule is Fc1cccc(F)c1-c1nc2scc(C3=CC=CCC3)n2c1NC1CCCC1. The molecule has 0 saturated heterocycles. The topological polar surface area (TPSA) is 29.3 Å². The molecule has 1 N–H and O–H groups in total. The number of thiazole rings is 1. The Bertz CT molecular complexity index is 1070. The molecule has 0 bridgehead atoms. The van der Waals surface area contributed by atoms with E-state index >= 15 is 0 Å². The Morgan fingerprint density at radius 3 is 2.64 bits per heavy atom. The molecule has 3 nitrogen and oxygen atoms in total. The summed E-state index contributed by atoms with van der Waals surface area (Å²) < 4.78 is 31.2. The van der Waals surface area contributed by atoms with E-state index in [9.17, 15) is 8.78 Å². The lowest BCUT2D eigenvalue weighted by molar-refractivity contribution is 0.589. The Labute approximate surface area is 166 Å². The van der Waals surface area contributed by atoms with Crippen molar-refractivity contribution in [2.24, 2.45) is 0 Å². The van der Waals surface area contributed by atoms with Gasteiger partial charge in [0.05, 0.1) is 11.3 Å². The molecule has 0 spiro atoms. The van der Waals surface area contributed by atoms with Crippen LogP contribution in [0.3, 0.4) is 0 Å². The van der Waals surface area contributed by atoms with Crippen molar-refractivity contribution < 1.29 is 8.78 Å². The zero-order chi connectivity index (χ0) is 19.1. The number of anilines is 1. The van der Waals surface area contributed by atoms with Crippen LogP contribution in [0.5, 0.6) is 0 Å². The van der Waals surface area contributed by atoms with Crippen molar-refractivity contribution >= 4 is 27.7 Å². The fraction of sp³-hybridized carbons (Fsp3) is 0.318. The lowest BCUT2D eigenvalue weighted by Gasteiger charge is -2.17. The Kier molecular flexibility index (Phi) is 4.51. The van der Waals surface area contributed by atoms with Crippen LogP contribution in [0.15, 0.2) is 41.8 Å². The number of nitrogens with zero attached hydrogens (tertiary/aromatic N) is 2. The molecule has 0 unspecified atom stereocenters. The van der Waals surface area contributed by atoms with E-state index in [2.05, 4.69) is 38.3 Å². The largest absolute Gasteiger partial charge is 0.367 e. The van der Waals surface area contributed by atoms with Crippen molar-refractivity contribution in [3.8, 4) is 11.3 Å². The molecule has 28 heavy (non-hydrogen) atoms. The van der Waals surface area contributed by atoms with Crippen LogP contribution >= 0.6 is 11.3 Å². The van der Waals surface area contributed by atoms with Gasteiger partial charge in [-0.15, -0.1) is 11.3 Å². The molecule has 3 aromatic rings. The molecule has 2 aliphatic rings. The van der Waals surface area contributed by atoms with Crippen LogP contribution in [-0.2, 0) is 0 Å². The third-order valence-electron chi connectivity index (χ3n) is 5.60. The highest BCUT2D eigenvalue weighted by Crippen LogP contribution is 2.39. The van der Waals surface area contributed by atoms with E-state index in [0.717, 1.165) is 36.3 Å². The quantitative estimate of drug-likeness (QED) is 0.550. The molecule has 0 aliphatic heterocycles. The van der Waals surface area contributed by atoms with E-state index in [-0.39, 0.29) is 5.56 Å². The first-order chi connectivity index (χ1) is 13.7. The molecule has 0 amide bonds. The van der Waals surface area contributed by atoms with Crippen LogP contribution in [0.1, 0.15) is 44.2 Å². The van der Waals surface area contributed by atoms with Gasteiger partial charge in [0.2, 0.25) is 0 Å². The van der Waals surface area contributed by atoms with Gasteiger partial charge in [0.25, 0.3) is 0 Å². The second-order valence-electron chi connectivity index (χ2n) is 7.43. The molecule has 2 aromatic heterocycles. The lowest BCUT2D eigenvalue weighted by atomic mass is 10.0. The molecule has 0 atom stereocenters. The summed E-state index contributed by atoms with van der Waals surface area (Å²) in [4.78, 5) is 5.41. The van der Waals surface area contributed by atoms with E-state index in [1.54, 1.807) is 0 Å². The van der Waals surface area contributed by atoms with Crippen molar-refractivity contribution in [3.63, 3.8) is 0 Å². The van der Waals surface area contributed by atoms with Gasteiger partial charge in [0, 0.05) is 11.4 Å². The molecular formula is C22H21F2N3S. The van der Waals surface area contributed by atoms with Crippen molar-refractivity contribution in [2.45, 2.75) is 44.6 Å². The minimum absolute atomic E-state index is 0.0534. The Morgan fingerprint density at radius 1 is 1.14 bits per heavy atom. The summed E-state index contributed by atoms with van der Waals surface area (Å²) in [6, 6.07) is 4.28. The summed E-state index contributed by atoms with van der Waals surface area (Å²) in [5.41, 5.74) is 2.59. The molecule has 5 rings (SSSR count). The van der Waals surface area contributed by atoms with Gasteiger partial charge < -0.3 is 5.32 Å². The highest BCUT2D eigenvalue weighted by atomic mass is 32.1. The van der Waals surface area contributed by atoms with Gasteiger partial charge in [0.15, 0.2) is 4.96 Å². The number of hydrogen-bond acceptors (Lipinski definition) is 3. The average molecular weight is 397 g/mol. The monoisotopic (exact) mass is 397 g/mol. The normalized spacial score (nSPS) is 17.4. The Balaban J connectivity index is 1.72. The number of aromatic nitrogens is 2. The number of rotatable bonds is 4. The third-order valence-corrected chi connectivity index (χ3v) is 6.43. The third kappa shape index (κ3) is 2.96. The number of allylic oxidation sites excluding steroid dienone is 4. The summed E-state index contributed by atoms with van der Waals surface area (Å²) in [6.07, 6.45) is 12.8. The van der Waals surface area contributed by atoms with Crippen LogP contribution in [0.2, 0.25) is 0 Å². The standard InChI is InChI=1S/C22H21F2N3S/c23-16-11-6-12-17(24)19(16)20-21(25-15-9-4-5-10-15)27-18(13-28-22(27)26-20)14-7-2-1-3-8-14/h1-2,6-7,11-13,15,25H,3-5,8-10H2. The van der Waals surface area contributed by atoms with E-state index < -0.39 is 11.6 Å². The van der Waals surface area contributed by atoms with Gasteiger partial charge in [-0.1, -0.05) is 37.1 Å². The number of fused-ring (bicyclic) bond motifs is 1. The van der Waals surface area contributed by atoms with Crippen molar-refractivity contribution in [1.29, 1.82) is 0 Å². The number of benzene rings is 1. The summed E-state index contributed by atoms with van der Waals surface area (Å²) in [7, 11) is 0. The maximum atomic E-state index is 14.6. The van der Waals surface area contributed by atoms with Crippen LogP contribution in [0, 0.1) is 11.6 Å². The molecular weight excluding hydrogens is 376 g/mol. The molecule has 1 aromatic carbocycles. The van der Waals surface area contributed by atoms with E-state index in [1.807, 2.05) is 0 Å². The van der Waals surface area contributed by atoms with Gasteiger partial charge in [-0.25, -0.2) is 13.8 Å². The Morgan fingerprint density at radius 2 is 1.93 bits per heavy atom. The van der Waals surface area contributed by atoms with E-state index in [0.29, 0.717) is 17.6 Å². The fourth-order valence-electron chi connectivity index (χ4n) is 4.19. The van der Waals surface area contributed by atoms with Crippen LogP contribution in [0.25, 0.3) is 21.8 Å². The zero-order valence-corrected chi connectivity index (χ0v) is 16.2. The van der Waals surface area contributed by atoms with Gasteiger partial charge in [-0.3, -0.25) is 4.40 Å². The molecule has 2 heterocycles. The van der Waals surface area contributed by atoms with Crippen LogP contribution in [0.4, 0.5) is 14.6 Å². The average Bonchev–Trinajstić information content (AvgIpc) is 3.42. The predicted octanol–water partition coefficient (Wildman–Crippen LogP) is 6.43. The van der Waals surface area contributed by atoms with E-state index in [4.69, 9.17) is 0 Å². The number of nitrogens with one attached hydrogen (secondary N) is 1. The maximum Gasteiger partial charge on any atom is 0.196 e. The molecule has 2 aliphatic carbocycles. The second kappa shape index (κ2) is 7.17. The first-order valence-electron chi connectivity index (χ1n) is 9.79. The molecule has 144 valence electrons. The number of imidazole rings is 1. The fourth-order valence-corrected chi connectivity index (χ4v) is 5.11. The molecule has 1 fully saturated rings. The van der Waals surface area contributed by atoms with Gasteiger partial charge in [-0.2, -0.15) is 0 Å². The second-order valence-corrected chi connectivity index (χ2v) is 8.27. The highest BCUT2D eigenvalue weighted by Gasteiger charge is 2.26. The minimum Gasteiger partial charge on any atom is -0.367 e. The lowest BCUT2D eigenvalue weighted by Crippen LogP contribution is -2.17. The van der Waals surface area contributed by atoms with Gasteiger partial charge in [0.1, 0.15) is 23.1 Å². The summed E-state index contributed by atoms with van der Waals surface area (Å²) in [5, 5.41) is 5.67. The van der Waals surface area contributed by atoms with Gasteiger partial charge in [-0.05, 0) is 43.4 Å². The van der Waals surface area contributed by atoms with Crippen molar-refractivity contribution in [2.75, 3.05) is 5.32 Å². The minimum atomic E-state index is -0.582. The van der Waals surface area contributed by atoms with Gasteiger partial charge >= 0.3 is 0 Å². The molecule has 6 heteroatoms. The molecule has 0 radical (unpaired) electrons. The first kappa shape index (κ1) is 17.6. The van der Waals surface area contributed by atoms with Crippen molar-refractivity contribution in [3.05, 3.63) is 59.1 Å². The number of halogens is 2. The van der Waals surface area contributed by atoms with Crippen LogP contribution in [-0.4, -0.2) is 15.4 Å². The predicted molar refractivity (Wildman–Crippen MR) is 111 cm³/mol. The Hall–Kier alpha value is -2.47. The first-order valence-corrected chi connectivity index (χ1v) is 10.7. The summed E-state index contributed by atoms with van der Waals surface area (Å²) >= 11 is 1.51. The zero-order valence-electron chi connectivity index (χ0n) is 15.4. The summed E-state index contributed by atoms with van der Waals surface area (Å²) in [6.45, 7) is 0. The highest BCUT2D eigenvalue weighted by molar-refractivity contribution is 7.15. The van der Waals surface area contributed by atoms with Crippen molar-refractivity contribution in [1.82, 2.24) is 9.38 Å². The maximum absolute atomic E-state index is 14.6. The van der Waals surface area contributed by atoms with E-state index in [1.165, 1.54) is 48.0 Å². The molecule has 1 saturated carbocycles. The summed E-state index contributed by atoms with van der Waals surface area (Å²) in [5.74, 6) is -0.458. The smallest absolute Gasteiger partial charge is 0.196 e. The number of hydrogen-bond donors (Lipinski definition) is 1.